The van der Waals surface area contributed by atoms with Gasteiger partial charge in [0.2, 0.25) is 0 Å². The smallest absolute Gasteiger partial charge is 0.410 e. The Hall–Kier alpha value is -0.360. The van der Waals surface area contributed by atoms with Gasteiger partial charge in [0.15, 0.2) is 5.06 Å². The fraction of sp³-hybridized carbons (Fsp3) is 0.643. The predicted molar refractivity (Wildman–Crippen MR) is 90.8 cm³/mol. The molecule has 0 spiro atoms. The third-order valence-electron chi connectivity index (χ3n) is 3.09. The van der Waals surface area contributed by atoms with Gasteiger partial charge >= 0.3 is 6.09 Å². The molecule has 1 aromatic rings. The first-order valence-corrected chi connectivity index (χ1v) is 8.90. The number of nitrogens with zero attached hydrogens (tertiary/aromatic N) is 1. The Morgan fingerprint density at radius 2 is 1.77 bits per heavy atom. The number of hydrogen-bond acceptors (Lipinski definition) is 4. The second-order valence-electron chi connectivity index (χ2n) is 6.08. The number of ether oxygens (including phenoxy) is 2. The van der Waals surface area contributed by atoms with Crippen molar-refractivity contribution in [3.8, 4) is 5.06 Å². The van der Waals surface area contributed by atoms with E-state index >= 15 is 0 Å². The SMILES string of the molecule is CC(C)(C)OC(=O)N1CCC(Oc2sc(Cl)c(Cl)c2Cl)CC1. The third-order valence-corrected chi connectivity index (χ3v) is 5.54. The molecule has 0 aliphatic carbocycles. The zero-order valence-corrected chi connectivity index (χ0v) is 15.7. The number of rotatable bonds is 2. The van der Waals surface area contributed by atoms with Gasteiger partial charge in [-0.3, -0.25) is 0 Å². The summed E-state index contributed by atoms with van der Waals surface area (Å²) in [6.07, 6.45) is 1.12. The molecule has 2 rings (SSSR count). The molecule has 1 amide bonds. The second kappa shape index (κ2) is 7.04. The molecule has 4 nitrogen and oxygen atoms in total. The number of hydrogen-bond donors (Lipinski definition) is 0. The Kier molecular flexibility index (Phi) is 5.75. The zero-order valence-electron chi connectivity index (χ0n) is 12.6. The largest absolute Gasteiger partial charge is 0.479 e. The molecule has 0 aromatic carbocycles. The minimum absolute atomic E-state index is 0.0121. The van der Waals surface area contributed by atoms with E-state index in [-0.39, 0.29) is 12.2 Å². The van der Waals surface area contributed by atoms with Gasteiger partial charge in [0, 0.05) is 25.9 Å². The van der Waals surface area contributed by atoms with E-state index in [0.717, 1.165) is 0 Å². The summed E-state index contributed by atoms with van der Waals surface area (Å²) in [5.41, 5.74) is -0.484. The van der Waals surface area contributed by atoms with Crippen LogP contribution < -0.4 is 4.74 Å². The van der Waals surface area contributed by atoms with Crippen LogP contribution in [0.3, 0.4) is 0 Å². The van der Waals surface area contributed by atoms with Crippen molar-refractivity contribution in [2.45, 2.75) is 45.3 Å². The Morgan fingerprint density at radius 1 is 1.18 bits per heavy atom. The summed E-state index contributed by atoms with van der Waals surface area (Å²) in [7, 11) is 0. The average Bonchev–Trinajstić information content (AvgIpc) is 2.65. The number of halogens is 3. The van der Waals surface area contributed by atoms with E-state index in [1.807, 2.05) is 20.8 Å². The second-order valence-corrected chi connectivity index (χ2v) is 8.42. The summed E-state index contributed by atoms with van der Waals surface area (Å²) < 4.78 is 11.6. The minimum Gasteiger partial charge on any atom is -0.479 e. The Labute approximate surface area is 149 Å². The van der Waals surface area contributed by atoms with Crippen molar-refractivity contribution < 1.29 is 14.3 Å². The lowest BCUT2D eigenvalue weighted by Gasteiger charge is -2.33. The van der Waals surface area contributed by atoms with E-state index in [2.05, 4.69) is 0 Å². The van der Waals surface area contributed by atoms with Crippen molar-refractivity contribution in [2.24, 2.45) is 0 Å². The number of carbonyl (C=O) groups is 1. The van der Waals surface area contributed by atoms with Crippen LogP contribution in [0.1, 0.15) is 33.6 Å². The van der Waals surface area contributed by atoms with Crippen molar-refractivity contribution in [1.82, 2.24) is 4.90 Å². The van der Waals surface area contributed by atoms with Gasteiger partial charge in [-0.2, -0.15) is 0 Å². The molecule has 0 N–H and O–H groups in total. The topological polar surface area (TPSA) is 38.8 Å². The van der Waals surface area contributed by atoms with Gasteiger partial charge in [-0.15, -0.1) is 0 Å². The first-order valence-electron chi connectivity index (χ1n) is 6.95. The van der Waals surface area contributed by atoms with Crippen molar-refractivity contribution >= 4 is 52.2 Å². The van der Waals surface area contributed by atoms with E-state index in [1.165, 1.54) is 11.3 Å². The molecule has 0 radical (unpaired) electrons. The van der Waals surface area contributed by atoms with Crippen LogP contribution in [0.15, 0.2) is 0 Å². The monoisotopic (exact) mass is 385 g/mol. The van der Waals surface area contributed by atoms with Crippen LogP contribution in [-0.4, -0.2) is 35.8 Å². The van der Waals surface area contributed by atoms with E-state index in [9.17, 15) is 4.79 Å². The summed E-state index contributed by atoms with van der Waals surface area (Å²) in [6, 6.07) is 0. The normalized spacial score (nSPS) is 16.7. The zero-order chi connectivity index (χ0) is 16.5. The summed E-state index contributed by atoms with van der Waals surface area (Å²) in [6.45, 7) is 6.74. The molecule has 22 heavy (non-hydrogen) atoms. The van der Waals surface area contributed by atoms with Crippen LogP contribution in [0.5, 0.6) is 5.06 Å². The molecule has 2 heterocycles. The van der Waals surface area contributed by atoms with E-state index in [4.69, 9.17) is 44.3 Å². The van der Waals surface area contributed by atoms with Gasteiger partial charge < -0.3 is 14.4 Å². The summed E-state index contributed by atoms with van der Waals surface area (Å²) in [4.78, 5) is 13.7. The lowest BCUT2D eigenvalue weighted by Crippen LogP contribution is -2.44. The highest BCUT2D eigenvalue weighted by atomic mass is 35.5. The molecule has 0 atom stereocenters. The summed E-state index contributed by atoms with van der Waals surface area (Å²) >= 11 is 19.2. The van der Waals surface area contributed by atoms with Crippen LogP contribution in [-0.2, 0) is 4.74 Å². The third kappa shape index (κ3) is 4.57. The minimum atomic E-state index is -0.484. The molecule has 1 fully saturated rings. The number of piperidine rings is 1. The van der Waals surface area contributed by atoms with Gasteiger partial charge in [0.1, 0.15) is 21.1 Å². The van der Waals surface area contributed by atoms with E-state index in [0.29, 0.717) is 45.4 Å². The highest BCUT2D eigenvalue weighted by Crippen LogP contribution is 2.46. The van der Waals surface area contributed by atoms with Gasteiger partial charge in [-0.25, -0.2) is 4.79 Å². The van der Waals surface area contributed by atoms with Crippen molar-refractivity contribution in [3.05, 3.63) is 14.4 Å². The molecule has 0 bridgehead atoms. The predicted octanol–water partition coefficient (Wildman–Crippen LogP) is 5.49. The fourth-order valence-corrected chi connectivity index (χ4v) is 3.71. The molecule has 1 aliphatic heterocycles. The Morgan fingerprint density at radius 3 is 2.23 bits per heavy atom. The maximum absolute atomic E-state index is 12.0. The van der Waals surface area contributed by atoms with Crippen LogP contribution in [0.25, 0.3) is 0 Å². The van der Waals surface area contributed by atoms with E-state index in [1.54, 1.807) is 4.90 Å². The summed E-state index contributed by atoms with van der Waals surface area (Å²) in [5.74, 6) is 0. The van der Waals surface area contributed by atoms with Gasteiger partial charge in [-0.1, -0.05) is 46.1 Å². The number of thiophene rings is 1. The molecule has 8 heteroatoms. The van der Waals surface area contributed by atoms with Crippen LogP contribution >= 0.6 is 46.1 Å². The summed E-state index contributed by atoms with van der Waals surface area (Å²) in [5, 5.41) is 1.22. The highest BCUT2D eigenvalue weighted by Gasteiger charge is 2.28. The lowest BCUT2D eigenvalue weighted by molar-refractivity contribution is 0.0129. The molecule has 1 aliphatic rings. The molecule has 1 aromatic heterocycles. The van der Waals surface area contributed by atoms with Crippen LogP contribution in [0, 0.1) is 0 Å². The molecule has 0 saturated carbocycles. The van der Waals surface area contributed by atoms with Gasteiger partial charge in [0.25, 0.3) is 0 Å². The maximum atomic E-state index is 12.0. The fourth-order valence-electron chi connectivity index (χ4n) is 2.06. The van der Waals surface area contributed by atoms with Crippen molar-refractivity contribution in [3.63, 3.8) is 0 Å². The molecule has 124 valence electrons. The van der Waals surface area contributed by atoms with Crippen LogP contribution in [0.4, 0.5) is 4.79 Å². The maximum Gasteiger partial charge on any atom is 0.410 e. The van der Waals surface area contributed by atoms with Crippen LogP contribution in [0.2, 0.25) is 14.4 Å². The first kappa shape index (κ1) is 18.0. The number of likely N-dealkylation sites (tertiary alicyclic amines) is 1. The quantitative estimate of drug-likeness (QED) is 0.675. The number of carbonyl (C=O) groups excluding carboxylic acids is 1. The lowest BCUT2D eigenvalue weighted by atomic mass is 10.1. The highest BCUT2D eigenvalue weighted by molar-refractivity contribution is 7.19. The Bertz CT molecular complexity index is 548. The van der Waals surface area contributed by atoms with E-state index < -0.39 is 5.60 Å². The molecular formula is C14H18Cl3NO3S. The average molecular weight is 387 g/mol. The first-order chi connectivity index (χ1) is 10.2. The standard InChI is InChI=1S/C14H18Cl3NO3S/c1-14(2,3)21-13(19)18-6-4-8(5-7-18)20-12-10(16)9(15)11(17)22-12/h8H,4-7H2,1-3H3. The molecular weight excluding hydrogens is 369 g/mol. The van der Waals surface area contributed by atoms with Gasteiger partial charge in [0.05, 0.1) is 5.02 Å². The molecule has 1 saturated heterocycles. The van der Waals surface area contributed by atoms with Crippen molar-refractivity contribution in [1.29, 1.82) is 0 Å². The van der Waals surface area contributed by atoms with Crippen molar-refractivity contribution in [2.75, 3.05) is 13.1 Å². The number of amides is 1. The Balaban J connectivity index is 1.87. The van der Waals surface area contributed by atoms with Gasteiger partial charge in [-0.05, 0) is 20.8 Å². The molecule has 0 unspecified atom stereocenters.